The van der Waals surface area contributed by atoms with E-state index in [-0.39, 0.29) is 17.9 Å². The largest absolute Gasteiger partial charge is 0.493 e. The monoisotopic (exact) mass is 555 g/mol. The molecule has 0 fully saturated rings. The number of nitro groups is 1. The number of nitrogens with one attached hydrogen (secondary N) is 1. The number of hydrogen-bond donors (Lipinski definition) is 1. The number of hydrogen-bond acceptors (Lipinski definition) is 6. The van der Waals surface area contributed by atoms with E-state index in [4.69, 9.17) is 21.1 Å². The van der Waals surface area contributed by atoms with Crippen LogP contribution in [0.5, 0.6) is 11.5 Å². The third-order valence-electron chi connectivity index (χ3n) is 4.91. The van der Waals surface area contributed by atoms with Gasteiger partial charge in [0.1, 0.15) is 18.2 Å². The molecule has 0 bridgehead atoms. The van der Waals surface area contributed by atoms with Crippen LogP contribution in [0.3, 0.4) is 0 Å². The molecule has 0 aliphatic heterocycles. The molecular weight excluding hydrogens is 538 g/mol. The van der Waals surface area contributed by atoms with Crippen molar-refractivity contribution in [2.45, 2.75) is 13.5 Å². The summed E-state index contributed by atoms with van der Waals surface area (Å²) in [5.41, 5.74) is 2.46. The molecule has 3 rings (SSSR count). The van der Waals surface area contributed by atoms with Gasteiger partial charge in [-0.3, -0.25) is 14.9 Å². The molecular formula is C25H19BrClN3O5. The lowest BCUT2D eigenvalue weighted by Crippen LogP contribution is -2.14. The van der Waals surface area contributed by atoms with Gasteiger partial charge in [0, 0.05) is 22.8 Å². The number of carbonyl (C=O) groups is 1. The van der Waals surface area contributed by atoms with Crippen LogP contribution in [-0.4, -0.2) is 17.9 Å². The van der Waals surface area contributed by atoms with E-state index in [1.807, 2.05) is 13.0 Å². The molecule has 35 heavy (non-hydrogen) atoms. The molecule has 0 atom stereocenters. The third kappa shape index (κ3) is 6.59. The van der Waals surface area contributed by atoms with Gasteiger partial charge >= 0.3 is 0 Å². The second-order valence-corrected chi connectivity index (χ2v) is 8.62. The molecule has 0 aromatic heterocycles. The van der Waals surface area contributed by atoms with E-state index in [2.05, 4.69) is 21.2 Å². The van der Waals surface area contributed by atoms with E-state index in [1.54, 1.807) is 42.5 Å². The minimum absolute atomic E-state index is 0.00786. The Morgan fingerprint density at radius 3 is 2.57 bits per heavy atom. The Bertz CT molecular complexity index is 1350. The fourth-order valence-corrected chi connectivity index (χ4v) is 3.81. The highest BCUT2D eigenvalue weighted by atomic mass is 79.9. The number of carbonyl (C=O) groups excluding carboxylic acids is 1. The highest BCUT2D eigenvalue weighted by Gasteiger charge is 2.15. The molecule has 0 unspecified atom stereocenters. The second kappa shape index (κ2) is 11.5. The number of nitriles is 1. The fourth-order valence-electron chi connectivity index (χ4n) is 3.07. The summed E-state index contributed by atoms with van der Waals surface area (Å²) >= 11 is 9.45. The van der Waals surface area contributed by atoms with E-state index in [9.17, 15) is 20.2 Å². The van der Waals surface area contributed by atoms with Gasteiger partial charge in [0.05, 0.1) is 16.5 Å². The molecule has 1 amide bonds. The van der Waals surface area contributed by atoms with Crippen molar-refractivity contribution < 1.29 is 19.2 Å². The number of anilines is 1. The van der Waals surface area contributed by atoms with Gasteiger partial charge < -0.3 is 14.8 Å². The van der Waals surface area contributed by atoms with Gasteiger partial charge in [-0.2, -0.15) is 5.26 Å². The summed E-state index contributed by atoms with van der Waals surface area (Å²) in [7, 11) is 1.47. The zero-order valence-electron chi connectivity index (χ0n) is 18.7. The molecule has 0 saturated heterocycles. The van der Waals surface area contributed by atoms with Crippen LogP contribution in [0, 0.1) is 28.4 Å². The van der Waals surface area contributed by atoms with Gasteiger partial charge in [-0.05, 0) is 82.0 Å². The number of amides is 1. The summed E-state index contributed by atoms with van der Waals surface area (Å²) in [6.45, 7) is 1.96. The molecule has 0 aliphatic rings. The molecule has 1 N–H and O–H groups in total. The standard InChI is InChI=1S/C25H19BrClN3O5/c1-15-3-6-19(27)12-22(15)29-25(31)18(13-28)9-17-10-21(26)24(23(11-17)34-2)35-14-16-4-7-20(8-5-16)30(32)33/h3-12H,14H2,1-2H3,(H,29,31)/b18-9+. The molecule has 8 nitrogen and oxygen atoms in total. The SMILES string of the molecule is COc1cc(/C=C(\C#N)C(=O)Nc2cc(Cl)ccc2C)cc(Br)c1OCc1ccc([N+](=O)[O-])cc1. The number of aryl methyl sites for hydroxylation is 1. The van der Waals surface area contributed by atoms with E-state index in [0.717, 1.165) is 11.1 Å². The summed E-state index contributed by atoms with van der Waals surface area (Å²) in [6.07, 6.45) is 1.43. The first-order valence-corrected chi connectivity index (χ1v) is 11.3. The van der Waals surface area contributed by atoms with Crippen molar-refractivity contribution in [3.05, 3.63) is 96.5 Å². The second-order valence-electron chi connectivity index (χ2n) is 7.33. The number of rotatable bonds is 8. The predicted molar refractivity (Wildman–Crippen MR) is 137 cm³/mol. The van der Waals surface area contributed by atoms with Crippen molar-refractivity contribution >= 4 is 50.9 Å². The molecule has 0 spiro atoms. The molecule has 3 aromatic rings. The van der Waals surface area contributed by atoms with Crippen LogP contribution in [-0.2, 0) is 11.4 Å². The van der Waals surface area contributed by atoms with Crippen molar-refractivity contribution in [3.63, 3.8) is 0 Å². The quantitative estimate of drug-likeness (QED) is 0.148. The lowest BCUT2D eigenvalue weighted by molar-refractivity contribution is -0.384. The topological polar surface area (TPSA) is 114 Å². The normalized spacial score (nSPS) is 10.9. The smallest absolute Gasteiger partial charge is 0.269 e. The van der Waals surface area contributed by atoms with Crippen molar-refractivity contribution in [2.24, 2.45) is 0 Å². The zero-order chi connectivity index (χ0) is 25.5. The molecule has 0 aliphatic carbocycles. The summed E-state index contributed by atoms with van der Waals surface area (Å²) < 4.78 is 11.8. The van der Waals surface area contributed by atoms with Gasteiger partial charge in [-0.1, -0.05) is 17.7 Å². The van der Waals surface area contributed by atoms with Crippen LogP contribution >= 0.6 is 27.5 Å². The maximum absolute atomic E-state index is 12.7. The van der Waals surface area contributed by atoms with Crippen LogP contribution in [0.25, 0.3) is 6.08 Å². The predicted octanol–water partition coefficient (Wildman–Crippen LogP) is 6.45. The fraction of sp³-hybridized carbons (Fsp3) is 0.120. The summed E-state index contributed by atoms with van der Waals surface area (Å²) in [4.78, 5) is 23.0. The Balaban J connectivity index is 1.81. The highest BCUT2D eigenvalue weighted by Crippen LogP contribution is 2.38. The average molecular weight is 557 g/mol. The Hall–Kier alpha value is -3.87. The maximum Gasteiger partial charge on any atom is 0.269 e. The number of halogens is 2. The molecule has 0 heterocycles. The number of nitro benzene ring substituents is 1. The molecule has 0 saturated carbocycles. The van der Waals surface area contributed by atoms with Crippen LogP contribution < -0.4 is 14.8 Å². The lowest BCUT2D eigenvalue weighted by atomic mass is 10.1. The number of nitrogens with zero attached hydrogens (tertiary/aromatic N) is 2. The van der Waals surface area contributed by atoms with E-state index in [1.165, 1.54) is 25.3 Å². The Morgan fingerprint density at radius 2 is 1.94 bits per heavy atom. The first-order valence-electron chi connectivity index (χ1n) is 10.1. The number of non-ortho nitro benzene ring substituents is 1. The van der Waals surface area contributed by atoms with Crippen molar-refractivity contribution in [1.29, 1.82) is 5.26 Å². The minimum Gasteiger partial charge on any atom is -0.493 e. The maximum atomic E-state index is 12.7. The number of benzene rings is 3. The molecule has 3 aromatic carbocycles. The minimum atomic E-state index is -0.577. The van der Waals surface area contributed by atoms with Gasteiger partial charge in [0.2, 0.25) is 0 Å². The molecule has 0 radical (unpaired) electrons. The van der Waals surface area contributed by atoms with Crippen LogP contribution in [0.1, 0.15) is 16.7 Å². The number of methoxy groups -OCH3 is 1. The molecule has 178 valence electrons. The highest BCUT2D eigenvalue weighted by molar-refractivity contribution is 9.10. The van der Waals surface area contributed by atoms with Crippen LogP contribution in [0.15, 0.2) is 64.6 Å². The van der Waals surface area contributed by atoms with Gasteiger partial charge in [-0.15, -0.1) is 0 Å². The lowest BCUT2D eigenvalue weighted by Gasteiger charge is -2.14. The Labute approximate surface area is 215 Å². The zero-order valence-corrected chi connectivity index (χ0v) is 21.0. The van der Waals surface area contributed by atoms with Gasteiger partial charge in [0.25, 0.3) is 11.6 Å². The van der Waals surface area contributed by atoms with Crippen LogP contribution in [0.2, 0.25) is 5.02 Å². The van der Waals surface area contributed by atoms with Crippen molar-refractivity contribution in [2.75, 3.05) is 12.4 Å². The van der Waals surface area contributed by atoms with Gasteiger partial charge in [0.15, 0.2) is 11.5 Å². The van der Waals surface area contributed by atoms with Crippen molar-refractivity contribution in [1.82, 2.24) is 0 Å². The first kappa shape index (κ1) is 25.7. The Kier molecular flexibility index (Phi) is 8.47. The average Bonchev–Trinajstić information content (AvgIpc) is 2.83. The van der Waals surface area contributed by atoms with Crippen molar-refractivity contribution in [3.8, 4) is 17.6 Å². The van der Waals surface area contributed by atoms with Crippen LogP contribution in [0.4, 0.5) is 11.4 Å². The van der Waals surface area contributed by atoms with Gasteiger partial charge in [-0.25, -0.2) is 0 Å². The number of ether oxygens (including phenoxy) is 2. The first-order chi connectivity index (χ1) is 16.7. The van der Waals surface area contributed by atoms with E-state index < -0.39 is 10.8 Å². The summed E-state index contributed by atoms with van der Waals surface area (Å²) in [6, 6.07) is 16.3. The third-order valence-corrected chi connectivity index (χ3v) is 5.73. The summed E-state index contributed by atoms with van der Waals surface area (Å²) in [5, 5.41) is 23.5. The Morgan fingerprint density at radius 1 is 1.23 bits per heavy atom. The molecule has 10 heteroatoms. The van der Waals surface area contributed by atoms with E-state index in [0.29, 0.717) is 32.2 Å². The summed E-state index contributed by atoms with van der Waals surface area (Å²) in [5.74, 6) is 0.197. The van der Waals surface area contributed by atoms with E-state index >= 15 is 0 Å².